The first-order chi connectivity index (χ1) is 8.36. The summed E-state index contributed by atoms with van der Waals surface area (Å²) in [6.07, 6.45) is 1.19. The summed E-state index contributed by atoms with van der Waals surface area (Å²) < 4.78 is 0. The van der Waals surface area contributed by atoms with E-state index in [0.29, 0.717) is 12.6 Å². The lowest BCUT2D eigenvalue weighted by atomic mass is 10.00. The molecule has 18 heavy (non-hydrogen) atoms. The quantitative estimate of drug-likeness (QED) is 0.854. The van der Waals surface area contributed by atoms with Crippen LogP contribution in [0, 0.1) is 0 Å². The number of carboxylic acids is 1. The molecule has 0 amide bonds. The largest absolute Gasteiger partial charge is 0.481 e. The van der Waals surface area contributed by atoms with Gasteiger partial charge < -0.3 is 5.11 Å². The van der Waals surface area contributed by atoms with E-state index in [1.807, 2.05) is 0 Å². The molecule has 3 nitrogen and oxygen atoms in total. The highest BCUT2D eigenvalue weighted by atomic mass is 32.1. The molecular formula is C14H23NO2S. The maximum atomic E-state index is 10.8. The normalized spacial score (nSPS) is 13.8. The molecule has 1 unspecified atom stereocenters. The molecule has 102 valence electrons. The first-order valence-corrected chi connectivity index (χ1v) is 7.26. The second-order valence-corrected chi connectivity index (χ2v) is 6.43. The molecule has 0 aliphatic rings. The molecule has 1 atom stereocenters. The molecule has 0 radical (unpaired) electrons. The highest BCUT2D eigenvalue weighted by molar-refractivity contribution is 7.10. The smallest absolute Gasteiger partial charge is 0.304 e. The average Bonchev–Trinajstić information content (AvgIpc) is 2.75. The van der Waals surface area contributed by atoms with Gasteiger partial charge in [-0.05, 0) is 38.6 Å². The van der Waals surface area contributed by atoms with Crippen molar-refractivity contribution in [1.29, 1.82) is 0 Å². The number of carbonyl (C=O) groups is 1. The zero-order valence-corrected chi connectivity index (χ0v) is 12.5. The van der Waals surface area contributed by atoms with Crippen molar-refractivity contribution in [3.05, 3.63) is 22.4 Å². The van der Waals surface area contributed by atoms with E-state index in [4.69, 9.17) is 5.11 Å². The summed E-state index contributed by atoms with van der Waals surface area (Å²) in [6.45, 7) is 9.18. The second kappa shape index (κ2) is 6.34. The summed E-state index contributed by atoms with van der Waals surface area (Å²) in [4.78, 5) is 14.4. The lowest BCUT2D eigenvalue weighted by molar-refractivity contribution is -0.137. The number of hydrogen-bond donors (Lipinski definition) is 1. The zero-order valence-electron chi connectivity index (χ0n) is 11.6. The minimum atomic E-state index is -0.731. The third kappa shape index (κ3) is 4.10. The van der Waals surface area contributed by atoms with E-state index in [1.165, 1.54) is 4.88 Å². The molecule has 0 fully saturated rings. The maximum absolute atomic E-state index is 10.8. The van der Waals surface area contributed by atoms with E-state index in [9.17, 15) is 4.79 Å². The molecule has 0 saturated carbocycles. The Bertz CT molecular complexity index is 368. The average molecular weight is 269 g/mol. The van der Waals surface area contributed by atoms with E-state index < -0.39 is 5.97 Å². The molecule has 0 aromatic carbocycles. The Kier molecular flexibility index (Phi) is 5.35. The van der Waals surface area contributed by atoms with Crippen molar-refractivity contribution in [1.82, 2.24) is 4.90 Å². The zero-order chi connectivity index (χ0) is 13.8. The van der Waals surface area contributed by atoms with Crippen LogP contribution in [0.1, 0.15) is 51.5 Å². The van der Waals surface area contributed by atoms with Crippen LogP contribution < -0.4 is 0 Å². The van der Waals surface area contributed by atoms with Gasteiger partial charge in [-0.3, -0.25) is 9.69 Å². The summed E-state index contributed by atoms with van der Waals surface area (Å²) in [5, 5.41) is 11.0. The predicted octanol–water partition coefficient (Wildman–Crippen LogP) is 3.77. The van der Waals surface area contributed by atoms with Gasteiger partial charge in [0.2, 0.25) is 0 Å². The fraction of sp³-hybridized carbons (Fsp3) is 0.643. The Morgan fingerprint density at radius 2 is 2.17 bits per heavy atom. The van der Waals surface area contributed by atoms with E-state index in [1.54, 1.807) is 11.3 Å². The molecule has 1 aromatic rings. The monoisotopic (exact) mass is 269 g/mol. The number of aliphatic carboxylic acids is 1. The third-order valence-electron chi connectivity index (χ3n) is 3.06. The van der Waals surface area contributed by atoms with Crippen molar-refractivity contribution >= 4 is 17.3 Å². The van der Waals surface area contributed by atoms with Crippen LogP contribution in [0.2, 0.25) is 0 Å². The number of carboxylic acid groups (broad SMARTS) is 1. The van der Waals surface area contributed by atoms with Crippen molar-refractivity contribution < 1.29 is 9.90 Å². The Labute approximate surface area is 113 Å². The molecule has 1 rings (SSSR count). The number of nitrogens with zero attached hydrogens (tertiary/aromatic N) is 1. The Balaban J connectivity index is 2.89. The maximum Gasteiger partial charge on any atom is 0.304 e. The minimum absolute atomic E-state index is 0.0277. The predicted molar refractivity (Wildman–Crippen MR) is 76.1 cm³/mol. The molecular weight excluding hydrogens is 246 g/mol. The molecule has 0 aliphatic heterocycles. The Morgan fingerprint density at radius 1 is 1.50 bits per heavy atom. The van der Waals surface area contributed by atoms with E-state index in [0.717, 1.165) is 6.42 Å². The van der Waals surface area contributed by atoms with E-state index in [-0.39, 0.29) is 12.0 Å². The molecule has 0 spiro atoms. The molecule has 0 aliphatic carbocycles. The van der Waals surface area contributed by atoms with Crippen LogP contribution in [0.4, 0.5) is 0 Å². The number of rotatable bonds is 6. The molecule has 1 N–H and O–H groups in total. The van der Waals surface area contributed by atoms with Crippen molar-refractivity contribution in [3.63, 3.8) is 0 Å². The van der Waals surface area contributed by atoms with Gasteiger partial charge in [0.1, 0.15) is 0 Å². The van der Waals surface area contributed by atoms with Gasteiger partial charge in [-0.1, -0.05) is 13.0 Å². The van der Waals surface area contributed by atoms with Gasteiger partial charge in [-0.2, -0.15) is 0 Å². The summed E-state index contributed by atoms with van der Waals surface area (Å²) in [5.74, 6) is -0.731. The van der Waals surface area contributed by atoms with Crippen LogP contribution in [0.3, 0.4) is 0 Å². The topological polar surface area (TPSA) is 40.5 Å². The Morgan fingerprint density at radius 3 is 2.56 bits per heavy atom. The van der Waals surface area contributed by atoms with Gasteiger partial charge in [0.05, 0.1) is 6.42 Å². The summed E-state index contributed by atoms with van der Waals surface area (Å²) in [5.41, 5.74) is -0.0277. The summed E-state index contributed by atoms with van der Waals surface area (Å²) in [6, 6.07) is 4.50. The molecule has 0 bridgehead atoms. The molecule has 0 saturated heterocycles. The fourth-order valence-corrected chi connectivity index (χ4v) is 3.15. The van der Waals surface area contributed by atoms with Gasteiger partial charge in [0.15, 0.2) is 0 Å². The summed E-state index contributed by atoms with van der Waals surface area (Å²) >= 11 is 1.75. The van der Waals surface area contributed by atoms with Crippen molar-refractivity contribution in [2.45, 2.75) is 52.1 Å². The van der Waals surface area contributed by atoms with Gasteiger partial charge >= 0.3 is 5.97 Å². The van der Waals surface area contributed by atoms with Crippen LogP contribution in [0.5, 0.6) is 0 Å². The standard InChI is InChI=1S/C14H23NO2S/c1-5-11(12-7-6-10-18-12)15(14(2,3)4)9-8-13(16)17/h6-7,10-11H,5,8-9H2,1-4H3,(H,16,17). The third-order valence-corrected chi connectivity index (χ3v) is 4.04. The first kappa shape index (κ1) is 15.2. The van der Waals surface area contributed by atoms with Crippen molar-refractivity contribution in [3.8, 4) is 0 Å². The van der Waals surface area contributed by atoms with E-state index in [2.05, 4.69) is 50.1 Å². The van der Waals surface area contributed by atoms with Gasteiger partial charge in [-0.25, -0.2) is 0 Å². The van der Waals surface area contributed by atoms with Gasteiger partial charge in [0.25, 0.3) is 0 Å². The van der Waals surface area contributed by atoms with E-state index >= 15 is 0 Å². The molecule has 1 aromatic heterocycles. The van der Waals surface area contributed by atoms with Crippen molar-refractivity contribution in [2.75, 3.05) is 6.54 Å². The number of thiophene rings is 1. The molecule has 4 heteroatoms. The minimum Gasteiger partial charge on any atom is -0.481 e. The summed E-state index contributed by atoms with van der Waals surface area (Å²) in [7, 11) is 0. The lowest BCUT2D eigenvalue weighted by Gasteiger charge is -2.41. The van der Waals surface area contributed by atoms with Crippen molar-refractivity contribution in [2.24, 2.45) is 0 Å². The first-order valence-electron chi connectivity index (χ1n) is 6.38. The van der Waals surface area contributed by atoms with Crippen LogP contribution in [-0.4, -0.2) is 28.1 Å². The lowest BCUT2D eigenvalue weighted by Crippen LogP contribution is -2.44. The Hall–Kier alpha value is -0.870. The number of hydrogen-bond acceptors (Lipinski definition) is 3. The second-order valence-electron chi connectivity index (χ2n) is 5.45. The SMILES string of the molecule is CCC(c1cccs1)N(CCC(=O)O)C(C)(C)C. The highest BCUT2D eigenvalue weighted by Crippen LogP contribution is 2.33. The van der Waals surface area contributed by atoms with Crippen LogP contribution >= 0.6 is 11.3 Å². The van der Waals surface area contributed by atoms with Gasteiger partial charge in [-0.15, -0.1) is 11.3 Å². The fourth-order valence-electron chi connectivity index (χ4n) is 2.23. The van der Waals surface area contributed by atoms with Gasteiger partial charge in [0, 0.05) is 23.0 Å². The molecule has 1 heterocycles. The van der Waals surface area contributed by atoms with Crippen LogP contribution in [-0.2, 0) is 4.79 Å². The van der Waals surface area contributed by atoms with Crippen LogP contribution in [0.25, 0.3) is 0 Å². The highest BCUT2D eigenvalue weighted by Gasteiger charge is 2.29. The van der Waals surface area contributed by atoms with Crippen LogP contribution in [0.15, 0.2) is 17.5 Å².